The Balaban J connectivity index is 2.48. The number of benzene rings is 1. The van der Waals surface area contributed by atoms with Crippen molar-refractivity contribution in [1.82, 2.24) is 9.97 Å². The maximum atomic E-state index is 10.5. The first-order valence-electron chi connectivity index (χ1n) is 5.13. The van der Waals surface area contributed by atoms with Crippen LogP contribution in [0.5, 0.6) is 0 Å². The van der Waals surface area contributed by atoms with Crippen LogP contribution in [0.4, 0.5) is 0 Å². The van der Waals surface area contributed by atoms with Gasteiger partial charge in [0.1, 0.15) is 11.9 Å². The van der Waals surface area contributed by atoms with E-state index >= 15 is 0 Å². The van der Waals surface area contributed by atoms with Crippen LogP contribution in [0.15, 0.2) is 43.0 Å². The molecule has 4 nitrogen and oxygen atoms in total. The minimum Gasteiger partial charge on any atom is -0.381 e. The molecule has 1 atom stereocenters. The van der Waals surface area contributed by atoms with Crippen molar-refractivity contribution in [2.75, 3.05) is 0 Å². The van der Waals surface area contributed by atoms with E-state index in [2.05, 4.69) is 9.97 Å². The summed E-state index contributed by atoms with van der Waals surface area (Å²) < 4.78 is 0. The molecule has 0 fully saturated rings. The summed E-state index contributed by atoms with van der Waals surface area (Å²) >= 11 is 0. The largest absolute Gasteiger partial charge is 0.381 e. The van der Waals surface area contributed by atoms with E-state index in [-0.39, 0.29) is 0 Å². The minimum absolute atomic E-state index is 0.514. The molecule has 0 saturated carbocycles. The maximum Gasteiger partial charge on any atom is 0.115 e. The fraction of sp³-hybridized carbons (Fsp3) is 0.154. The highest BCUT2D eigenvalue weighted by Crippen LogP contribution is 2.28. The van der Waals surface area contributed by atoms with Crippen molar-refractivity contribution in [2.24, 2.45) is 0 Å². The lowest BCUT2D eigenvalue weighted by atomic mass is 9.89. The first-order chi connectivity index (χ1) is 8.14. The second-order valence-corrected chi connectivity index (χ2v) is 3.89. The molecule has 0 amide bonds. The zero-order chi connectivity index (χ0) is 12.3. The standard InChI is InChI=1S/C13H11N3O/c1-13(17,12-7-15-9-16-8-12)11-4-2-3-10(5-11)6-14/h2-5,7-9,17H,1H3. The summed E-state index contributed by atoms with van der Waals surface area (Å²) in [6, 6.07) is 8.92. The quantitative estimate of drug-likeness (QED) is 0.842. The van der Waals surface area contributed by atoms with Gasteiger partial charge in [0.25, 0.3) is 0 Å². The lowest BCUT2D eigenvalue weighted by Crippen LogP contribution is -2.23. The predicted molar refractivity (Wildman–Crippen MR) is 61.9 cm³/mol. The average molecular weight is 225 g/mol. The van der Waals surface area contributed by atoms with Crippen LogP contribution in [0.3, 0.4) is 0 Å². The van der Waals surface area contributed by atoms with Gasteiger partial charge in [-0.3, -0.25) is 0 Å². The molecule has 1 N–H and O–H groups in total. The summed E-state index contributed by atoms with van der Waals surface area (Å²) in [6.45, 7) is 1.65. The van der Waals surface area contributed by atoms with E-state index in [0.29, 0.717) is 16.7 Å². The number of nitrogens with zero attached hydrogens (tertiary/aromatic N) is 3. The van der Waals surface area contributed by atoms with Gasteiger partial charge in [0.15, 0.2) is 0 Å². The van der Waals surface area contributed by atoms with Crippen LogP contribution in [-0.4, -0.2) is 15.1 Å². The molecule has 2 rings (SSSR count). The van der Waals surface area contributed by atoms with Crippen molar-refractivity contribution >= 4 is 0 Å². The number of rotatable bonds is 2. The Hall–Kier alpha value is -2.25. The smallest absolute Gasteiger partial charge is 0.115 e. The molecule has 0 radical (unpaired) electrons. The van der Waals surface area contributed by atoms with Gasteiger partial charge in [-0.2, -0.15) is 5.26 Å². The minimum atomic E-state index is -1.20. The van der Waals surface area contributed by atoms with Crippen molar-refractivity contribution in [2.45, 2.75) is 12.5 Å². The second-order valence-electron chi connectivity index (χ2n) is 3.89. The highest BCUT2D eigenvalue weighted by molar-refractivity contribution is 5.39. The number of hydrogen-bond acceptors (Lipinski definition) is 4. The summed E-state index contributed by atoms with van der Waals surface area (Å²) in [5.41, 5.74) is 0.551. The molecule has 17 heavy (non-hydrogen) atoms. The fourth-order valence-electron chi connectivity index (χ4n) is 1.61. The van der Waals surface area contributed by atoms with Crippen LogP contribution in [0.25, 0.3) is 0 Å². The normalized spacial score (nSPS) is 13.7. The van der Waals surface area contributed by atoms with Crippen LogP contribution in [0.1, 0.15) is 23.6 Å². The third-order valence-electron chi connectivity index (χ3n) is 2.68. The van der Waals surface area contributed by atoms with Gasteiger partial charge >= 0.3 is 0 Å². The number of aromatic nitrogens is 2. The molecule has 0 aliphatic carbocycles. The molecule has 0 aliphatic heterocycles. The summed E-state index contributed by atoms with van der Waals surface area (Å²) in [4.78, 5) is 7.77. The van der Waals surface area contributed by atoms with E-state index in [9.17, 15) is 5.11 Å². The molecule has 0 spiro atoms. The lowest BCUT2D eigenvalue weighted by Gasteiger charge is -2.23. The van der Waals surface area contributed by atoms with E-state index in [1.165, 1.54) is 6.33 Å². The molecule has 1 heterocycles. The van der Waals surface area contributed by atoms with Crippen LogP contribution >= 0.6 is 0 Å². The number of hydrogen-bond donors (Lipinski definition) is 1. The van der Waals surface area contributed by atoms with Crippen LogP contribution < -0.4 is 0 Å². The SMILES string of the molecule is CC(O)(c1cncnc1)c1cccc(C#N)c1. The molecule has 1 aromatic carbocycles. The van der Waals surface area contributed by atoms with Crippen LogP contribution in [0.2, 0.25) is 0 Å². The Morgan fingerprint density at radius 1 is 1.24 bits per heavy atom. The summed E-state index contributed by atoms with van der Waals surface area (Å²) in [6.07, 6.45) is 4.53. The van der Waals surface area contributed by atoms with Crippen molar-refractivity contribution in [3.05, 3.63) is 59.7 Å². The Bertz CT molecular complexity index is 558. The van der Waals surface area contributed by atoms with Crippen molar-refractivity contribution < 1.29 is 5.11 Å². The second kappa shape index (κ2) is 4.32. The van der Waals surface area contributed by atoms with Crippen LogP contribution in [0, 0.1) is 11.3 Å². The van der Waals surface area contributed by atoms with E-state index in [1.807, 2.05) is 6.07 Å². The molecule has 1 unspecified atom stereocenters. The first-order valence-corrected chi connectivity index (χ1v) is 5.13. The monoisotopic (exact) mass is 225 g/mol. The predicted octanol–water partition coefficient (Wildman–Crippen LogP) is 1.60. The van der Waals surface area contributed by atoms with E-state index in [4.69, 9.17) is 5.26 Å². The van der Waals surface area contributed by atoms with Gasteiger partial charge in [-0.1, -0.05) is 12.1 Å². The molecule has 4 heteroatoms. The van der Waals surface area contributed by atoms with Gasteiger partial charge in [0.2, 0.25) is 0 Å². The van der Waals surface area contributed by atoms with Crippen molar-refractivity contribution in [3.63, 3.8) is 0 Å². The number of aliphatic hydroxyl groups is 1. The molecule has 1 aromatic heterocycles. The summed E-state index contributed by atoms with van der Waals surface area (Å²) in [5.74, 6) is 0. The van der Waals surface area contributed by atoms with Gasteiger partial charge in [-0.15, -0.1) is 0 Å². The molecular formula is C13H11N3O. The van der Waals surface area contributed by atoms with Gasteiger partial charge in [0, 0.05) is 18.0 Å². The Morgan fingerprint density at radius 2 is 1.94 bits per heavy atom. The van der Waals surface area contributed by atoms with Gasteiger partial charge < -0.3 is 5.11 Å². The average Bonchev–Trinajstić information content (AvgIpc) is 2.40. The zero-order valence-electron chi connectivity index (χ0n) is 9.33. The Kier molecular flexibility index (Phi) is 2.86. The highest BCUT2D eigenvalue weighted by Gasteiger charge is 2.26. The van der Waals surface area contributed by atoms with Crippen LogP contribution in [-0.2, 0) is 5.60 Å². The molecule has 84 valence electrons. The van der Waals surface area contributed by atoms with Gasteiger partial charge in [-0.25, -0.2) is 9.97 Å². The Labute approximate surface area is 99.2 Å². The Morgan fingerprint density at radius 3 is 2.59 bits per heavy atom. The maximum absolute atomic E-state index is 10.5. The molecule has 0 saturated heterocycles. The zero-order valence-corrected chi connectivity index (χ0v) is 9.33. The van der Waals surface area contributed by atoms with E-state index in [0.717, 1.165) is 0 Å². The molecule has 2 aromatic rings. The van der Waals surface area contributed by atoms with E-state index < -0.39 is 5.60 Å². The topological polar surface area (TPSA) is 69.8 Å². The molecule has 0 aliphatic rings. The first kappa shape index (κ1) is 11.2. The lowest BCUT2D eigenvalue weighted by molar-refractivity contribution is 0.101. The summed E-state index contributed by atoms with van der Waals surface area (Å²) in [7, 11) is 0. The summed E-state index contributed by atoms with van der Waals surface area (Å²) in [5, 5.41) is 19.3. The molecule has 0 bridgehead atoms. The van der Waals surface area contributed by atoms with Gasteiger partial charge in [0.05, 0.1) is 11.6 Å². The van der Waals surface area contributed by atoms with E-state index in [1.54, 1.807) is 43.6 Å². The third kappa shape index (κ3) is 2.14. The highest BCUT2D eigenvalue weighted by atomic mass is 16.3. The number of nitriles is 1. The fourth-order valence-corrected chi connectivity index (χ4v) is 1.61. The van der Waals surface area contributed by atoms with Crippen molar-refractivity contribution in [3.8, 4) is 6.07 Å². The van der Waals surface area contributed by atoms with Crippen molar-refractivity contribution in [1.29, 1.82) is 5.26 Å². The molecular weight excluding hydrogens is 214 g/mol. The van der Waals surface area contributed by atoms with Gasteiger partial charge in [-0.05, 0) is 24.6 Å². The third-order valence-corrected chi connectivity index (χ3v) is 2.68.